The van der Waals surface area contributed by atoms with Gasteiger partial charge in [-0.05, 0) is 66.7 Å². The highest BCUT2D eigenvalue weighted by molar-refractivity contribution is 8.18. The number of thioether (sulfide) groups is 1. The number of hydrogen-bond donors (Lipinski definition) is 1. The van der Waals surface area contributed by atoms with Gasteiger partial charge in [0.1, 0.15) is 17.3 Å². The number of carbonyl (C=O) groups excluding carboxylic acids is 2. The number of benzene rings is 2. The van der Waals surface area contributed by atoms with Crippen molar-refractivity contribution in [3.63, 3.8) is 0 Å². The van der Waals surface area contributed by atoms with E-state index >= 15 is 0 Å². The molecule has 2 aromatic carbocycles. The lowest BCUT2D eigenvalue weighted by Crippen LogP contribution is -2.19. The van der Waals surface area contributed by atoms with Crippen molar-refractivity contribution in [2.24, 2.45) is 4.99 Å². The van der Waals surface area contributed by atoms with Crippen molar-refractivity contribution < 1.29 is 23.5 Å². The average molecular weight is 449 g/mol. The van der Waals surface area contributed by atoms with Crippen molar-refractivity contribution in [2.75, 3.05) is 14.2 Å². The number of rotatable bonds is 5. The van der Waals surface area contributed by atoms with Crippen molar-refractivity contribution in [1.29, 1.82) is 0 Å². The van der Waals surface area contributed by atoms with Gasteiger partial charge < -0.3 is 19.2 Å². The monoisotopic (exact) mass is 448 g/mol. The lowest BCUT2D eigenvalue weighted by molar-refractivity contribution is -0.115. The van der Waals surface area contributed by atoms with Gasteiger partial charge in [0.05, 0.1) is 30.4 Å². The first kappa shape index (κ1) is 21.5. The van der Waals surface area contributed by atoms with Crippen molar-refractivity contribution in [2.45, 2.75) is 6.92 Å². The molecule has 1 amide bonds. The molecular weight excluding hydrogens is 428 g/mol. The Morgan fingerprint density at radius 1 is 1.09 bits per heavy atom. The molecule has 162 valence electrons. The number of furan rings is 1. The van der Waals surface area contributed by atoms with Crippen LogP contribution < -0.4 is 10.1 Å². The van der Waals surface area contributed by atoms with Crippen LogP contribution in [0.25, 0.3) is 17.4 Å². The average Bonchev–Trinajstić information content (AvgIpc) is 3.40. The van der Waals surface area contributed by atoms with E-state index in [1.807, 2.05) is 25.1 Å². The number of aliphatic imine (C=N–C) groups is 1. The number of nitrogens with one attached hydrogen (secondary N) is 1. The van der Waals surface area contributed by atoms with Crippen LogP contribution in [0.3, 0.4) is 0 Å². The van der Waals surface area contributed by atoms with Crippen molar-refractivity contribution >= 4 is 40.6 Å². The van der Waals surface area contributed by atoms with Gasteiger partial charge in [0, 0.05) is 11.6 Å². The molecule has 0 aliphatic carbocycles. The number of amidine groups is 1. The number of carbonyl (C=O) groups is 2. The summed E-state index contributed by atoms with van der Waals surface area (Å²) in [6.07, 6.45) is 1.67. The van der Waals surface area contributed by atoms with Crippen molar-refractivity contribution in [1.82, 2.24) is 5.32 Å². The molecule has 1 aliphatic rings. The molecule has 1 fully saturated rings. The fraction of sp³-hybridized carbons (Fsp3) is 0.125. The van der Waals surface area contributed by atoms with E-state index < -0.39 is 5.97 Å². The first-order valence-electron chi connectivity index (χ1n) is 9.70. The van der Waals surface area contributed by atoms with Crippen LogP contribution in [0.4, 0.5) is 5.69 Å². The molecule has 2 heterocycles. The second-order valence-electron chi connectivity index (χ2n) is 6.85. The number of amides is 1. The quantitative estimate of drug-likeness (QED) is 0.439. The Morgan fingerprint density at radius 2 is 1.88 bits per heavy atom. The van der Waals surface area contributed by atoms with E-state index in [1.165, 1.54) is 18.9 Å². The zero-order chi connectivity index (χ0) is 22.7. The van der Waals surface area contributed by atoms with Crippen molar-refractivity contribution in [3.8, 4) is 17.1 Å². The van der Waals surface area contributed by atoms with Crippen LogP contribution in [0, 0.1) is 6.92 Å². The molecule has 1 N–H and O–H groups in total. The fourth-order valence-corrected chi connectivity index (χ4v) is 4.01. The summed E-state index contributed by atoms with van der Waals surface area (Å²) in [4.78, 5) is 29.2. The number of hydrogen-bond acceptors (Lipinski definition) is 7. The van der Waals surface area contributed by atoms with Gasteiger partial charge in [-0.1, -0.05) is 12.1 Å². The summed E-state index contributed by atoms with van der Waals surface area (Å²) in [5, 5.41) is 3.24. The summed E-state index contributed by atoms with van der Waals surface area (Å²) >= 11 is 1.23. The molecule has 4 rings (SSSR count). The lowest BCUT2D eigenvalue weighted by Gasteiger charge is -2.07. The second-order valence-corrected chi connectivity index (χ2v) is 7.88. The van der Waals surface area contributed by atoms with E-state index in [0.717, 1.165) is 16.9 Å². The fourth-order valence-electron chi connectivity index (χ4n) is 3.19. The normalized spacial score (nSPS) is 15.8. The van der Waals surface area contributed by atoms with Gasteiger partial charge in [-0.15, -0.1) is 0 Å². The third kappa shape index (κ3) is 4.45. The molecule has 1 aliphatic heterocycles. The second kappa shape index (κ2) is 9.15. The molecule has 0 unspecified atom stereocenters. The van der Waals surface area contributed by atoms with E-state index in [2.05, 4.69) is 10.3 Å². The molecule has 0 saturated carbocycles. The summed E-state index contributed by atoms with van der Waals surface area (Å²) < 4.78 is 15.9. The first-order valence-corrected chi connectivity index (χ1v) is 10.5. The largest absolute Gasteiger partial charge is 0.497 e. The Balaban J connectivity index is 1.55. The van der Waals surface area contributed by atoms with Crippen LogP contribution in [0.1, 0.15) is 21.7 Å². The topological polar surface area (TPSA) is 90.1 Å². The zero-order valence-electron chi connectivity index (χ0n) is 17.7. The van der Waals surface area contributed by atoms with E-state index in [4.69, 9.17) is 13.9 Å². The predicted molar refractivity (Wildman–Crippen MR) is 124 cm³/mol. The number of esters is 1. The predicted octanol–water partition coefficient (Wildman–Crippen LogP) is 4.94. The number of nitrogens with zero attached hydrogens (tertiary/aromatic N) is 1. The maximum absolute atomic E-state index is 12.4. The van der Waals surface area contributed by atoms with E-state index in [9.17, 15) is 9.59 Å². The van der Waals surface area contributed by atoms with Crippen molar-refractivity contribution in [3.05, 3.63) is 76.4 Å². The van der Waals surface area contributed by atoms with Gasteiger partial charge in [0.2, 0.25) is 0 Å². The summed E-state index contributed by atoms with van der Waals surface area (Å²) in [5.74, 6) is 1.20. The van der Waals surface area contributed by atoms with E-state index in [-0.39, 0.29) is 5.91 Å². The number of methoxy groups -OCH3 is 2. The molecule has 32 heavy (non-hydrogen) atoms. The standard InChI is InChI=1S/C24H20N2O5S/c1-14-18(5-4-6-19(14)23(28)30-3)20-12-11-17(31-20)13-21-22(27)26-24(32-21)25-15-7-9-16(29-2)10-8-15/h4-13H,1-3H3,(H,25,26,27)/b21-13+. The molecular formula is C24H20N2O5S. The number of ether oxygens (including phenoxy) is 2. The molecule has 0 spiro atoms. The highest BCUT2D eigenvalue weighted by Gasteiger charge is 2.24. The molecule has 7 nitrogen and oxygen atoms in total. The summed E-state index contributed by atoms with van der Waals surface area (Å²) in [5.41, 5.74) is 2.72. The molecule has 1 aromatic heterocycles. The Kier molecular flexibility index (Phi) is 6.13. The minimum atomic E-state index is -0.402. The van der Waals surface area contributed by atoms with Crippen LogP contribution in [-0.2, 0) is 9.53 Å². The van der Waals surface area contributed by atoms with E-state index in [1.54, 1.807) is 49.6 Å². The Bertz CT molecular complexity index is 1240. The molecule has 1 saturated heterocycles. The minimum Gasteiger partial charge on any atom is -0.497 e. The van der Waals surface area contributed by atoms with Crippen LogP contribution in [-0.4, -0.2) is 31.3 Å². The van der Waals surface area contributed by atoms with Gasteiger partial charge in [-0.25, -0.2) is 9.79 Å². The Morgan fingerprint density at radius 3 is 2.59 bits per heavy atom. The van der Waals surface area contributed by atoms with Gasteiger partial charge in [0.25, 0.3) is 5.91 Å². The van der Waals surface area contributed by atoms with Gasteiger partial charge >= 0.3 is 5.97 Å². The lowest BCUT2D eigenvalue weighted by atomic mass is 10.0. The Labute approximate surface area is 189 Å². The third-order valence-electron chi connectivity index (χ3n) is 4.86. The smallest absolute Gasteiger partial charge is 0.338 e. The zero-order valence-corrected chi connectivity index (χ0v) is 18.5. The minimum absolute atomic E-state index is 0.246. The molecule has 0 radical (unpaired) electrons. The molecule has 3 aromatic rings. The van der Waals surface area contributed by atoms with Crippen LogP contribution in [0.2, 0.25) is 0 Å². The van der Waals surface area contributed by atoms with Gasteiger partial charge in [-0.3, -0.25) is 4.79 Å². The van der Waals surface area contributed by atoms with Crippen LogP contribution in [0.5, 0.6) is 5.75 Å². The first-order chi connectivity index (χ1) is 15.5. The maximum Gasteiger partial charge on any atom is 0.338 e. The molecule has 0 bridgehead atoms. The van der Waals surface area contributed by atoms with Gasteiger partial charge in [-0.2, -0.15) is 0 Å². The molecule has 8 heteroatoms. The summed E-state index contributed by atoms with van der Waals surface area (Å²) in [6.45, 7) is 1.84. The van der Waals surface area contributed by atoms with E-state index in [0.29, 0.717) is 32.8 Å². The van der Waals surface area contributed by atoms with Crippen LogP contribution in [0.15, 0.2) is 68.9 Å². The SMILES string of the molecule is COC(=O)c1cccc(-c2ccc(/C=C3/SC(=Nc4ccc(OC)cc4)NC3=O)o2)c1C. The summed E-state index contributed by atoms with van der Waals surface area (Å²) in [6, 6.07) is 16.2. The maximum atomic E-state index is 12.4. The summed E-state index contributed by atoms with van der Waals surface area (Å²) in [7, 11) is 2.95. The van der Waals surface area contributed by atoms with Crippen LogP contribution >= 0.6 is 11.8 Å². The molecule has 0 atom stereocenters. The third-order valence-corrected chi connectivity index (χ3v) is 5.77. The Hall–Kier alpha value is -3.78. The highest BCUT2D eigenvalue weighted by Crippen LogP contribution is 2.32. The van der Waals surface area contributed by atoms with Gasteiger partial charge in [0.15, 0.2) is 5.17 Å². The highest BCUT2D eigenvalue weighted by atomic mass is 32.2.